The average molecular weight is 357 g/mol. The molecule has 0 bridgehead atoms. The quantitative estimate of drug-likeness (QED) is 0.519. The van der Waals surface area contributed by atoms with Gasteiger partial charge in [-0.2, -0.15) is 0 Å². The molecule has 1 aromatic rings. The molecule has 1 aliphatic heterocycles. The van der Waals surface area contributed by atoms with Crippen molar-refractivity contribution in [2.45, 2.75) is 63.8 Å². The summed E-state index contributed by atoms with van der Waals surface area (Å²) in [4.78, 5) is 24.3. The predicted molar refractivity (Wildman–Crippen MR) is 104 cm³/mol. The number of hydrogen-bond donors (Lipinski definition) is 3. The van der Waals surface area contributed by atoms with Crippen molar-refractivity contribution >= 4 is 17.5 Å². The van der Waals surface area contributed by atoms with Crippen molar-refractivity contribution < 1.29 is 9.59 Å². The summed E-state index contributed by atoms with van der Waals surface area (Å²) in [7, 11) is 0. The summed E-state index contributed by atoms with van der Waals surface area (Å²) < 4.78 is 0. The maximum atomic E-state index is 12.2. The first-order chi connectivity index (χ1) is 12.7. The zero-order chi connectivity index (χ0) is 18.2. The number of hydrogen-bond acceptors (Lipinski definition) is 3. The molecule has 2 aliphatic rings. The SMILES string of the molecule is O=C(CCC1Cc2ccccc2NC1=O)NCCNC1CCCCCC1. The summed E-state index contributed by atoms with van der Waals surface area (Å²) in [5.41, 5.74) is 2.06. The van der Waals surface area contributed by atoms with E-state index < -0.39 is 0 Å². The van der Waals surface area contributed by atoms with Gasteiger partial charge < -0.3 is 16.0 Å². The number of amides is 2. The maximum Gasteiger partial charge on any atom is 0.227 e. The van der Waals surface area contributed by atoms with Crippen LogP contribution in [-0.4, -0.2) is 30.9 Å². The Kier molecular flexibility index (Phi) is 7.06. The molecule has 1 aliphatic carbocycles. The van der Waals surface area contributed by atoms with Crippen molar-refractivity contribution in [1.29, 1.82) is 0 Å². The first-order valence-corrected chi connectivity index (χ1v) is 10.1. The molecule has 1 fully saturated rings. The summed E-state index contributed by atoms with van der Waals surface area (Å²) in [5, 5.41) is 9.49. The molecule has 1 saturated carbocycles. The summed E-state index contributed by atoms with van der Waals surface area (Å²) >= 11 is 0. The molecular weight excluding hydrogens is 326 g/mol. The van der Waals surface area contributed by atoms with Crippen LogP contribution in [0.5, 0.6) is 0 Å². The van der Waals surface area contributed by atoms with Gasteiger partial charge in [0, 0.05) is 37.2 Å². The number of para-hydroxylation sites is 1. The van der Waals surface area contributed by atoms with Crippen molar-refractivity contribution in [2.75, 3.05) is 18.4 Å². The third-order valence-corrected chi connectivity index (χ3v) is 5.57. The fourth-order valence-electron chi connectivity index (χ4n) is 4.00. The van der Waals surface area contributed by atoms with E-state index in [-0.39, 0.29) is 17.7 Å². The van der Waals surface area contributed by atoms with Crippen molar-refractivity contribution in [3.05, 3.63) is 29.8 Å². The summed E-state index contributed by atoms with van der Waals surface area (Å²) in [5.74, 6) is -0.0365. The molecule has 142 valence electrons. The zero-order valence-electron chi connectivity index (χ0n) is 15.6. The van der Waals surface area contributed by atoms with E-state index in [1.165, 1.54) is 38.5 Å². The Morgan fingerprint density at radius 2 is 1.85 bits per heavy atom. The number of anilines is 1. The molecule has 2 amide bonds. The molecule has 5 heteroatoms. The first kappa shape index (κ1) is 18.9. The van der Waals surface area contributed by atoms with E-state index in [4.69, 9.17) is 0 Å². The van der Waals surface area contributed by atoms with Crippen molar-refractivity contribution in [1.82, 2.24) is 10.6 Å². The van der Waals surface area contributed by atoms with E-state index in [2.05, 4.69) is 16.0 Å². The fourth-order valence-corrected chi connectivity index (χ4v) is 4.00. The van der Waals surface area contributed by atoms with E-state index in [0.717, 1.165) is 24.2 Å². The zero-order valence-corrected chi connectivity index (χ0v) is 15.6. The topological polar surface area (TPSA) is 70.2 Å². The highest BCUT2D eigenvalue weighted by molar-refractivity contribution is 5.96. The lowest BCUT2D eigenvalue weighted by Crippen LogP contribution is -2.37. The fraction of sp³-hybridized carbons (Fsp3) is 0.619. The van der Waals surface area contributed by atoms with Gasteiger partial charge in [-0.3, -0.25) is 9.59 Å². The summed E-state index contributed by atoms with van der Waals surface area (Å²) in [6.45, 7) is 1.49. The molecule has 1 atom stereocenters. The molecule has 5 nitrogen and oxygen atoms in total. The first-order valence-electron chi connectivity index (χ1n) is 10.1. The van der Waals surface area contributed by atoms with Gasteiger partial charge in [-0.05, 0) is 37.3 Å². The lowest BCUT2D eigenvalue weighted by molar-refractivity contribution is -0.122. The number of rotatable bonds is 7. The molecule has 1 heterocycles. The molecule has 0 saturated heterocycles. The van der Waals surface area contributed by atoms with Crippen molar-refractivity contribution in [3.8, 4) is 0 Å². The molecule has 1 aromatic carbocycles. The van der Waals surface area contributed by atoms with E-state index >= 15 is 0 Å². The minimum atomic E-state index is -0.111. The third kappa shape index (κ3) is 5.56. The standard InChI is InChI=1S/C21H31N3O2/c25-20(23-14-13-22-18-8-3-1-2-4-9-18)12-11-17-15-16-7-5-6-10-19(16)24-21(17)26/h5-7,10,17-18,22H,1-4,8-9,11-15H2,(H,23,25)(H,24,26). The number of carbonyl (C=O) groups is 2. The van der Waals surface area contributed by atoms with Crippen LogP contribution in [0, 0.1) is 5.92 Å². The van der Waals surface area contributed by atoms with Crippen LogP contribution in [0.15, 0.2) is 24.3 Å². The van der Waals surface area contributed by atoms with Crippen LogP contribution in [0.25, 0.3) is 0 Å². The van der Waals surface area contributed by atoms with E-state index in [1.807, 2.05) is 24.3 Å². The number of fused-ring (bicyclic) bond motifs is 1. The Morgan fingerprint density at radius 3 is 2.65 bits per heavy atom. The Hall–Kier alpha value is -1.88. The molecule has 3 rings (SSSR count). The number of nitrogens with one attached hydrogen (secondary N) is 3. The van der Waals surface area contributed by atoms with Crippen LogP contribution < -0.4 is 16.0 Å². The van der Waals surface area contributed by atoms with Gasteiger partial charge in [0.05, 0.1) is 0 Å². The summed E-state index contributed by atoms with van der Waals surface area (Å²) in [6.07, 6.45) is 9.58. The highest BCUT2D eigenvalue weighted by atomic mass is 16.2. The molecule has 26 heavy (non-hydrogen) atoms. The van der Waals surface area contributed by atoms with Crippen LogP contribution in [0.1, 0.15) is 56.9 Å². The molecular formula is C21H31N3O2. The van der Waals surface area contributed by atoms with Gasteiger partial charge in [0.25, 0.3) is 0 Å². The number of carbonyl (C=O) groups excluding carboxylic acids is 2. The Labute approximate surface area is 156 Å². The lowest BCUT2D eigenvalue weighted by Gasteiger charge is -2.24. The van der Waals surface area contributed by atoms with Gasteiger partial charge in [-0.15, -0.1) is 0 Å². The number of benzene rings is 1. The van der Waals surface area contributed by atoms with Gasteiger partial charge in [0.15, 0.2) is 0 Å². The second-order valence-corrected chi connectivity index (χ2v) is 7.58. The normalized spacial score (nSPS) is 20.8. The highest BCUT2D eigenvalue weighted by Crippen LogP contribution is 2.27. The van der Waals surface area contributed by atoms with Crippen molar-refractivity contribution in [2.24, 2.45) is 5.92 Å². The van der Waals surface area contributed by atoms with E-state index in [9.17, 15) is 9.59 Å². The molecule has 3 N–H and O–H groups in total. The van der Waals surface area contributed by atoms with Crippen molar-refractivity contribution in [3.63, 3.8) is 0 Å². The predicted octanol–water partition coefficient (Wildman–Crippen LogP) is 3.01. The van der Waals surface area contributed by atoms with Gasteiger partial charge >= 0.3 is 0 Å². The van der Waals surface area contributed by atoms with Crippen LogP contribution in [0.2, 0.25) is 0 Å². The van der Waals surface area contributed by atoms with Crippen LogP contribution >= 0.6 is 0 Å². The molecule has 0 aromatic heterocycles. The van der Waals surface area contributed by atoms with Crippen LogP contribution in [-0.2, 0) is 16.0 Å². The smallest absolute Gasteiger partial charge is 0.227 e. The second kappa shape index (κ2) is 9.72. The Bertz CT molecular complexity index is 609. The van der Waals surface area contributed by atoms with Gasteiger partial charge in [0.2, 0.25) is 11.8 Å². The average Bonchev–Trinajstić information content (AvgIpc) is 2.92. The monoisotopic (exact) mass is 357 g/mol. The largest absolute Gasteiger partial charge is 0.355 e. The van der Waals surface area contributed by atoms with Gasteiger partial charge in [0.1, 0.15) is 0 Å². The Morgan fingerprint density at radius 1 is 1.08 bits per heavy atom. The van der Waals surface area contributed by atoms with Crippen LogP contribution in [0.4, 0.5) is 5.69 Å². The van der Waals surface area contributed by atoms with Crippen LogP contribution in [0.3, 0.4) is 0 Å². The van der Waals surface area contributed by atoms with Gasteiger partial charge in [-0.1, -0.05) is 43.9 Å². The molecule has 1 unspecified atom stereocenters. The van der Waals surface area contributed by atoms with E-state index in [0.29, 0.717) is 25.4 Å². The lowest BCUT2D eigenvalue weighted by atomic mass is 9.89. The minimum Gasteiger partial charge on any atom is -0.355 e. The van der Waals surface area contributed by atoms with Gasteiger partial charge in [-0.25, -0.2) is 0 Å². The highest BCUT2D eigenvalue weighted by Gasteiger charge is 2.26. The Balaban J connectivity index is 1.32. The molecule has 0 spiro atoms. The molecule has 0 radical (unpaired) electrons. The second-order valence-electron chi connectivity index (χ2n) is 7.58. The summed E-state index contributed by atoms with van der Waals surface area (Å²) in [6, 6.07) is 8.50. The van der Waals surface area contributed by atoms with E-state index in [1.54, 1.807) is 0 Å². The maximum absolute atomic E-state index is 12.2. The third-order valence-electron chi connectivity index (χ3n) is 5.57. The minimum absolute atomic E-state index is 0.0338.